The van der Waals surface area contributed by atoms with Crippen LogP contribution in [-0.4, -0.2) is 22.5 Å². The highest BCUT2D eigenvalue weighted by molar-refractivity contribution is 7.09. The average Bonchev–Trinajstić information content (AvgIpc) is 2.86. The van der Waals surface area contributed by atoms with Gasteiger partial charge in [-0.25, -0.2) is 4.98 Å². The van der Waals surface area contributed by atoms with Crippen LogP contribution in [0.1, 0.15) is 25.6 Å². The monoisotopic (exact) mass is 278 g/mol. The Morgan fingerprint density at radius 1 is 1.32 bits per heavy atom. The summed E-state index contributed by atoms with van der Waals surface area (Å²) in [5.74, 6) is 2.06. The van der Waals surface area contributed by atoms with Crippen LogP contribution in [0.15, 0.2) is 24.3 Å². The number of nitrogens with two attached hydrogens (primary N) is 1. The fourth-order valence-corrected chi connectivity index (χ4v) is 2.16. The van der Waals surface area contributed by atoms with Gasteiger partial charge in [-0.3, -0.25) is 0 Å². The Morgan fingerprint density at radius 3 is 2.68 bits per heavy atom. The van der Waals surface area contributed by atoms with Crippen molar-refractivity contribution >= 4 is 22.4 Å². The van der Waals surface area contributed by atoms with Gasteiger partial charge in [-0.2, -0.15) is 4.37 Å². The second-order valence-corrected chi connectivity index (χ2v) is 5.21. The standard InChI is InChI=1S/C13H18N4OS/c1-9(2)12-16-13(19-17-12)15-7-8-18-11-5-3-10(14)4-6-11/h3-6,9H,7-8,14H2,1-2H3,(H,15,16,17). The van der Waals surface area contributed by atoms with Gasteiger partial charge in [-0.05, 0) is 24.3 Å². The number of aromatic nitrogens is 2. The number of nitrogens with zero attached hydrogens (tertiary/aromatic N) is 2. The highest BCUT2D eigenvalue weighted by atomic mass is 32.1. The van der Waals surface area contributed by atoms with E-state index in [0.717, 1.165) is 22.4 Å². The van der Waals surface area contributed by atoms with Crippen LogP contribution < -0.4 is 15.8 Å². The van der Waals surface area contributed by atoms with Gasteiger partial charge in [0.05, 0.1) is 6.54 Å². The molecule has 0 spiro atoms. The van der Waals surface area contributed by atoms with E-state index in [1.807, 2.05) is 24.3 Å². The van der Waals surface area contributed by atoms with E-state index < -0.39 is 0 Å². The molecule has 6 heteroatoms. The lowest BCUT2D eigenvalue weighted by Gasteiger charge is -2.06. The molecule has 1 aromatic carbocycles. The summed E-state index contributed by atoms with van der Waals surface area (Å²) in [6.07, 6.45) is 0. The molecule has 0 saturated heterocycles. The van der Waals surface area contributed by atoms with Crippen LogP contribution in [0, 0.1) is 0 Å². The molecule has 19 heavy (non-hydrogen) atoms. The minimum atomic E-state index is 0.359. The smallest absolute Gasteiger partial charge is 0.202 e. The van der Waals surface area contributed by atoms with E-state index in [2.05, 4.69) is 28.5 Å². The zero-order valence-electron chi connectivity index (χ0n) is 11.1. The Kier molecular flexibility index (Phi) is 4.57. The molecule has 5 nitrogen and oxygen atoms in total. The minimum Gasteiger partial charge on any atom is -0.492 e. The van der Waals surface area contributed by atoms with E-state index in [4.69, 9.17) is 10.5 Å². The van der Waals surface area contributed by atoms with Gasteiger partial charge < -0.3 is 15.8 Å². The Morgan fingerprint density at radius 2 is 2.05 bits per heavy atom. The van der Waals surface area contributed by atoms with Crippen molar-refractivity contribution in [3.63, 3.8) is 0 Å². The maximum absolute atomic E-state index is 5.60. The van der Waals surface area contributed by atoms with E-state index in [-0.39, 0.29) is 0 Å². The van der Waals surface area contributed by atoms with Crippen LogP contribution in [0.5, 0.6) is 5.75 Å². The number of hydrogen-bond donors (Lipinski definition) is 2. The SMILES string of the molecule is CC(C)c1nsc(NCCOc2ccc(N)cc2)n1. The number of benzene rings is 1. The second-order valence-electron chi connectivity index (χ2n) is 4.46. The summed E-state index contributed by atoms with van der Waals surface area (Å²) in [7, 11) is 0. The highest BCUT2D eigenvalue weighted by Gasteiger charge is 2.06. The van der Waals surface area contributed by atoms with Gasteiger partial charge in [0.25, 0.3) is 0 Å². The van der Waals surface area contributed by atoms with Gasteiger partial charge in [0.15, 0.2) is 0 Å². The highest BCUT2D eigenvalue weighted by Crippen LogP contribution is 2.17. The molecule has 3 N–H and O–H groups in total. The van der Waals surface area contributed by atoms with Gasteiger partial charge >= 0.3 is 0 Å². The average molecular weight is 278 g/mol. The summed E-state index contributed by atoms with van der Waals surface area (Å²) in [6.45, 7) is 5.42. The van der Waals surface area contributed by atoms with Crippen molar-refractivity contribution in [2.75, 3.05) is 24.2 Å². The molecule has 1 heterocycles. The van der Waals surface area contributed by atoms with Crippen molar-refractivity contribution in [1.82, 2.24) is 9.36 Å². The predicted octanol–water partition coefficient (Wildman–Crippen LogP) is 2.73. The van der Waals surface area contributed by atoms with Gasteiger partial charge in [-0.1, -0.05) is 13.8 Å². The maximum atomic E-state index is 5.60. The third-order valence-electron chi connectivity index (χ3n) is 2.49. The summed E-state index contributed by atoms with van der Waals surface area (Å²) < 4.78 is 9.85. The van der Waals surface area contributed by atoms with Crippen LogP contribution in [0.25, 0.3) is 0 Å². The van der Waals surface area contributed by atoms with Crippen LogP contribution in [-0.2, 0) is 0 Å². The Bertz CT molecular complexity index is 510. The zero-order chi connectivity index (χ0) is 13.7. The molecule has 102 valence electrons. The van der Waals surface area contributed by atoms with E-state index in [1.54, 1.807) is 0 Å². The van der Waals surface area contributed by atoms with Crippen molar-refractivity contribution in [3.05, 3.63) is 30.1 Å². The molecule has 0 aliphatic heterocycles. The molecule has 0 aliphatic rings. The molecule has 0 aliphatic carbocycles. The van der Waals surface area contributed by atoms with Crippen molar-refractivity contribution in [1.29, 1.82) is 0 Å². The van der Waals surface area contributed by atoms with E-state index in [9.17, 15) is 0 Å². The van der Waals surface area contributed by atoms with Crippen LogP contribution in [0.2, 0.25) is 0 Å². The first-order chi connectivity index (χ1) is 9.15. The number of nitrogens with one attached hydrogen (secondary N) is 1. The third-order valence-corrected chi connectivity index (χ3v) is 3.17. The lowest BCUT2D eigenvalue weighted by Crippen LogP contribution is -2.11. The molecule has 0 unspecified atom stereocenters. The Balaban J connectivity index is 1.72. The number of hydrogen-bond acceptors (Lipinski definition) is 6. The fraction of sp³-hybridized carbons (Fsp3) is 0.385. The molecule has 0 bridgehead atoms. The Hall–Kier alpha value is -1.82. The Labute approximate surface area is 117 Å². The molecule has 0 amide bonds. The summed E-state index contributed by atoms with van der Waals surface area (Å²) in [5, 5.41) is 4.03. The lowest BCUT2D eigenvalue weighted by molar-refractivity contribution is 0.333. The number of nitrogen functional groups attached to an aromatic ring is 1. The van der Waals surface area contributed by atoms with Crippen LogP contribution in [0.4, 0.5) is 10.8 Å². The van der Waals surface area contributed by atoms with Crippen molar-refractivity contribution in [2.24, 2.45) is 0 Å². The molecule has 1 aromatic heterocycles. The summed E-state index contributed by atoms with van der Waals surface area (Å²) in [4.78, 5) is 4.39. The van der Waals surface area contributed by atoms with Gasteiger partial charge in [0.2, 0.25) is 5.13 Å². The first-order valence-corrected chi connectivity index (χ1v) is 6.98. The lowest BCUT2D eigenvalue weighted by atomic mass is 10.2. The molecular weight excluding hydrogens is 260 g/mol. The van der Waals surface area contributed by atoms with E-state index in [0.29, 0.717) is 19.1 Å². The molecule has 0 radical (unpaired) electrons. The predicted molar refractivity (Wildman–Crippen MR) is 78.8 cm³/mol. The van der Waals surface area contributed by atoms with Crippen LogP contribution >= 0.6 is 11.5 Å². The topological polar surface area (TPSA) is 73.1 Å². The van der Waals surface area contributed by atoms with Crippen molar-refractivity contribution in [2.45, 2.75) is 19.8 Å². The molecule has 2 aromatic rings. The van der Waals surface area contributed by atoms with E-state index in [1.165, 1.54) is 11.5 Å². The zero-order valence-corrected chi connectivity index (χ0v) is 11.9. The second kappa shape index (κ2) is 6.38. The van der Waals surface area contributed by atoms with Crippen LogP contribution in [0.3, 0.4) is 0 Å². The summed E-state index contributed by atoms with van der Waals surface area (Å²) in [5.41, 5.74) is 6.34. The number of rotatable bonds is 6. The van der Waals surface area contributed by atoms with Crippen molar-refractivity contribution in [3.8, 4) is 5.75 Å². The normalized spacial score (nSPS) is 10.7. The third kappa shape index (κ3) is 4.10. The van der Waals surface area contributed by atoms with Gasteiger partial charge in [0.1, 0.15) is 18.2 Å². The summed E-state index contributed by atoms with van der Waals surface area (Å²) >= 11 is 1.38. The number of ether oxygens (including phenoxy) is 1. The first kappa shape index (κ1) is 13.6. The minimum absolute atomic E-state index is 0.359. The molecule has 2 rings (SSSR count). The first-order valence-electron chi connectivity index (χ1n) is 6.21. The molecule has 0 fully saturated rings. The van der Waals surface area contributed by atoms with Crippen molar-refractivity contribution < 1.29 is 4.74 Å². The quantitative estimate of drug-likeness (QED) is 0.628. The van der Waals surface area contributed by atoms with Gasteiger partial charge in [0, 0.05) is 23.1 Å². The maximum Gasteiger partial charge on any atom is 0.202 e. The molecular formula is C13H18N4OS. The molecule has 0 saturated carbocycles. The van der Waals surface area contributed by atoms with E-state index >= 15 is 0 Å². The molecule has 0 atom stereocenters. The largest absolute Gasteiger partial charge is 0.492 e. The fourth-order valence-electron chi connectivity index (χ4n) is 1.43. The van der Waals surface area contributed by atoms with Gasteiger partial charge in [-0.15, -0.1) is 0 Å². The summed E-state index contributed by atoms with van der Waals surface area (Å²) in [6, 6.07) is 7.36. The number of anilines is 2.